The number of ether oxygens (including phenoxy) is 1. The Kier molecular flexibility index (Phi) is 6.36. The number of carbonyl (C=O) groups is 2. The van der Waals surface area contributed by atoms with Crippen LogP contribution in [0.25, 0.3) is 22.3 Å². The maximum absolute atomic E-state index is 15.4. The van der Waals surface area contributed by atoms with Crippen LogP contribution in [0.5, 0.6) is 5.75 Å². The number of nitrogens with zero attached hydrogens (tertiary/aromatic N) is 3. The van der Waals surface area contributed by atoms with Gasteiger partial charge in [-0.25, -0.2) is 18.7 Å². The third kappa shape index (κ3) is 4.52. The molecular weight excluding hydrogens is 468 g/mol. The van der Waals surface area contributed by atoms with Crippen LogP contribution in [0.15, 0.2) is 18.5 Å². The number of fused-ring (bicyclic) bond motifs is 1. The molecule has 2 amide bonds. The van der Waals surface area contributed by atoms with E-state index in [9.17, 15) is 14.0 Å². The van der Waals surface area contributed by atoms with E-state index in [-0.39, 0.29) is 23.6 Å². The van der Waals surface area contributed by atoms with Crippen LogP contribution >= 0.6 is 0 Å². The quantitative estimate of drug-likeness (QED) is 0.539. The van der Waals surface area contributed by atoms with E-state index in [1.807, 2.05) is 0 Å². The van der Waals surface area contributed by atoms with Gasteiger partial charge in [-0.3, -0.25) is 9.59 Å². The summed E-state index contributed by atoms with van der Waals surface area (Å²) in [6.07, 6.45) is 2.42. The van der Waals surface area contributed by atoms with Crippen molar-refractivity contribution in [3.8, 4) is 17.0 Å². The van der Waals surface area contributed by atoms with Crippen LogP contribution in [-0.2, 0) is 4.79 Å². The average molecular weight is 498 g/mol. The zero-order chi connectivity index (χ0) is 25.6. The van der Waals surface area contributed by atoms with Crippen LogP contribution in [0.1, 0.15) is 47.8 Å². The molecule has 5 rings (SSSR count). The van der Waals surface area contributed by atoms with Crippen LogP contribution < -0.4 is 10.1 Å². The van der Waals surface area contributed by atoms with Crippen molar-refractivity contribution in [1.82, 2.24) is 25.2 Å². The van der Waals surface area contributed by atoms with E-state index in [4.69, 9.17) is 4.74 Å². The third-order valence-corrected chi connectivity index (χ3v) is 7.01. The highest BCUT2D eigenvalue weighted by molar-refractivity contribution is 6.09. The monoisotopic (exact) mass is 497 g/mol. The van der Waals surface area contributed by atoms with Crippen molar-refractivity contribution in [2.45, 2.75) is 52.2 Å². The number of piperidine rings is 1. The van der Waals surface area contributed by atoms with Crippen molar-refractivity contribution in [1.29, 1.82) is 0 Å². The lowest BCUT2D eigenvalue weighted by atomic mass is 10.0. The minimum absolute atomic E-state index is 0.0598. The molecule has 2 atom stereocenters. The Morgan fingerprint density at radius 2 is 2.00 bits per heavy atom. The molecule has 0 radical (unpaired) electrons. The Labute approximate surface area is 207 Å². The van der Waals surface area contributed by atoms with Crippen molar-refractivity contribution in [2.24, 2.45) is 5.92 Å². The summed E-state index contributed by atoms with van der Waals surface area (Å²) in [6.45, 7) is 5.60. The predicted molar refractivity (Wildman–Crippen MR) is 130 cm³/mol. The molecule has 2 fully saturated rings. The molecule has 2 aliphatic rings. The fraction of sp³-hybridized carbons (Fsp3) is 0.462. The van der Waals surface area contributed by atoms with E-state index in [1.165, 1.54) is 18.2 Å². The maximum atomic E-state index is 15.4. The zero-order valence-corrected chi connectivity index (χ0v) is 20.5. The minimum Gasteiger partial charge on any atom is -0.492 e. The molecule has 10 heteroatoms. The van der Waals surface area contributed by atoms with Crippen molar-refractivity contribution >= 4 is 22.8 Å². The van der Waals surface area contributed by atoms with Gasteiger partial charge >= 0.3 is 0 Å². The summed E-state index contributed by atoms with van der Waals surface area (Å²) in [4.78, 5) is 38.1. The summed E-state index contributed by atoms with van der Waals surface area (Å²) >= 11 is 0. The largest absolute Gasteiger partial charge is 0.492 e. The number of hydrogen-bond donors (Lipinski definition) is 2. The molecule has 3 heterocycles. The summed E-state index contributed by atoms with van der Waals surface area (Å²) in [5.74, 6) is -0.248. The number of likely N-dealkylation sites (tertiary alicyclic amines) is 1. The van der Waals surface area contributed by atoms with E-state index in [1.54, 1.807) is 26.0 Å². The molecule has 1 aliphatic carbocycles. The van der Waals surface area contributed by atoms with Gasteiger partial charge in [0.15, 0.2) is 0 Å². The number of rotatable bonds is 6. The van der Waals surface area contributed by atoms with E-state index >= 15 is 4.39 Å². The summed E-state index contributed by atoms with van der Waals surface area (Å²) in [5, 5.41) is 2.76. The Bertz CT molecular complexity index is 1340. The van der Waals surface area contributed by atoms with Crippen molar-refractivity contribution < 1.29 is 23.1 Å². The number of alkyl halides is 1. The fourth-order valence-electron chi connectivity index (χ4n) is 4.68. The SMILES string of the molecule is CC(=O)N1CC[C@H](NC(=O)c2c(C)[nH]c3c(-c4c(OCC5CC5)ccc(C)c4F)ncnc23)[C@@H](F)C1. The lowest BCUT2D eigenvalue weighted by Crippen LogP contribution is -2.53. The van der Waals surface area contributed by atoms with Crippen LogP contribution in [0.3, 0.4) is 0 Å². The molecule has 2 aromatic heterocycles. The number of H-pyrrole nitrogens is 1. The summed E-state index contributed by atoms with van der Waals surface area (Å²) in [6, 6.07) is 2.68. The first kappa shape index (κ1) is 24.1. The molecule has 2 N–H and O–H groups in total. The molecule has 1 aliphatic heterocycles. The highest BCUT2D eigenvalue weighted by Crippen LogP contribution is 2.39. The number of hydrogen-bond acceptors (Lipinski definition) is 5. The molecule has 0 bridgehead atoms. The second-order valence-electron chi connectivity index (χ2n) is 9.74. The van der Waals surface area contributed by atoms with E-state index < -0.39 is 23.9 Å². The van der Waals surface area contributed by atoms with Crippen LogP contribution in [0.4, 0.5) is 8.78 Å². The Morgan fingerprint density at radius 1 is 1.22 bits per heavy atom. The first-order valence-corrected chi connectivity index (χ1v) is 12.2. The molecule has 1 aromatic carbocycles. The molecule has 1 saturated heterocycles. The number of benzene rings is 1. The lowest BCUT2D eigenvalue weighted by Gasteiger charge is -2.34. The maximum Gasteiger partial charge on any atom is 0.255 e. The van der Waals surface area contributed by atoms with Gasteiger partial charge in [-0.2, -0.15) is 0 Å². The van der Waals surface area contributed by atoms with Crippen molar-refractivity contribution in [2.75, 3.05) is 19.7 Å². The first-order valence-electron chi connectivity index (χ1n) is 12.2. The van der Waals surface area contributed by atoms with Gasteiger partial charge in [0.2, 0.25) is 5.91 Å². The van der Waals surface area contributed by atoms with E-state index in [2.05, 4.69) is 20.3 Å². The minimum atomic E-state index is -1.38. The Balaban J connectivity index is 1.48. The molecule has 8 nitrogen and oxygen atoms in total. The van der Waals surface area contributed by atoms with Gasteiger partial charge in [-0.15, -0.1) is 0 Å². The van der Waals surface area contributed by atoms with Crippen LogP contribution in [0.2, 0.25) is 0 Å². The van der Waals surface area contributed by atoms with Gasteiger partial charge in [0.25, 0.3) is 5.91 Å². The van der Waals surface area contributed by atoms with Crippen LogP contribution in [0, 0.1) is 25.6 Å². The summed E-state index contributed by atoms with van der Waals surface area (Å²) < 4.78 is 36.1. The molecule has 190 valence electrons. The van der Waals surface area contributed by atoms with Gasteiger partial charge in [0, 0.05) is 19.2 Å². The number of halogens is 2. The standard InChI is InChI=1S/C26H29F2N5O3/c1-13-4-7-19(36-11-16-5-6-16)21(22(13)28)24-25-23(29-12-30-24)20(14(2)31-25)26(35)32-18-8-9-33(15(3)34)10-17(18)27/h4,7,12,16-18,31H,5-6,8-11H2,1-3H3,(H,32,35)/t17-,18-/m0/s1. The second kappa shape index (κ2) is 9.48. The Morgan fingerprint density at radius 3 is 2.69 bits per heavy atom. The van der Waals surface area contributed by atoms with Gasteiger partial charge in [0.1, 0.15) is 35.3 Å². The Hall–Kier alpha value is -3.56. The normalized spacial score (nSPS) is 20.0. The highest BCUT2D eigenvalue weighted by Gasteiger charge is 2.33. The molecule has 1 saturated carbocycles. The molecule has 3 aromatic rings. The molecule has 0 spiro atoms. The van der Waals surface area contributed by atoms with Crippen molar-refractivity contribution in [3.05, 3.63) is 41.1 Å². The number of aryl methyl sites for hydroxylation is 2. The third-order valence-electron chi connectivity index (χ3n) is 7.01. The van der Waals surface area contributed by atoms with E-state index in [0.29, 0.717) is 59.2 Å². The first-order chi connectivity index (χ1) is 17.2. The van der Waals surface area contributed by atoms with Gasteiger partial charge in [-0.1, -0.05) is 6.07 Å². The summed E-state index contributed by atoms with van der Waals surface area (Å²) in [7, 11) is 0. The molecule has 0 unspecified atom stereocenters. The van der Waals surface area contributed by atoms with Crippen LogP contribution in [-0.4, -0.2) is 63.6 Å². The number of aromatic amines is 1. The number of nitrogens with one attached hydrogen (secondary N) is 2. The number of amides is 2. The predicted octanol–water partition coefficient (Wildman–Crippen LogP) is 3.86. The van der Waals surface area contributed by atoms with Gasteiger partial charge in [0.05, 0.1) is 35.8 Å². The lowest BCUT2D eigenvalue weighted by molar-refractivity contribution is -0.131. The van der Waals surface area contributed by atoms with Gasteiger partial charge < -0.3 is 19.9 Å². The smallest absolute Gasteiger partial charge is 0.255 e. The number of aromatic nitrogens is 3. The summed E-state index contributed by atoms with van der Waals surface area (Å²) in [5.41, 5.74) is 2.45. The molecular formula is C26H29F2N5O3. The fourth-order valence-corrected chi connectivity index (χ4v) is 4.68. The van der Waals surface area contributed by atoms with Gasteiger partial charge in [-0.05, 0) is 50.7 Å². The zero-order valence-electron chi connectivity index (χ0n) is 20.5. The number of carbonyl (C=O) groups excluding carboxylic acids is 2. The average Bonchev–Trinajstić information content (AvgIpc) is 3.60. The molecule has 36 heavy (non-hydrogen) atoms. The van der Waals surface area contributed by atoms with Crippen molar-refractivity contribution in [3.63, 3.8) is 0 Å². The highest BCUT2D eigenvalue weighted by atomic mass is 19.1. The van der Waals surface area contributed by atoms with E-state index in [0.717, 1.165) is 12.8 Å². The topological polar surface area (TPSA) is 100 Å². The second-order valence-corrected chi connectivity index (χ2v) is 9.74.